The summed E-state index contributed by atoms with van der Waals surface area (Å²) < 4.78 is 45.0. The number of aliphatic hydroxyl groups excluding tert-OH is 2. The second kappa shape index (κ2) is 21.2. The zero-order chi connectivity index (χ0) is 57.1. The molecule has 11 rings (SSSR count). The van der Waals surface area contributed by atoms with E-state index in [4.69, 9.17) is 50.5 Å². The number of Topliss-reactive ketones (excluding diaryl/α,β-unsaturated/α-hetero) is 1. The third kappa shape index (κ3) is 9.95. The van der Waals surface area contributed by atoms with Crippen molar-refractivity contribution in [1.29, 1.82) is 0 Å². The maximum Gasteiger partial charge on any atom is 0.355 e. The van der Waals surface area contributed by atoms with Crippen LogP contribution in [0, 0.1) is 40.4 Å². The van der Waals surface area contributed by atoms with Crippen molar-refractivity contribution < 1.29 is 72.8 Å². The summed E-state index contributed by atoms with van der Waals surface area (Å²) in [4.78, 5) is 61.9. The van der Waals surface area contributed by atoms with Gasteiger partial charge in [-0.15, -0.1) is 0 Å². The Labute approximate surface area is 470 Å². The molecule has 1 aromatic carbocycles. The molecular formula is C60H79ClN4O15. The van der Waals surface area contributed by atoms with Crippen molar-refractivity contribution in [3.8, 4) is 0 Å². The number of esters is 1. The predicted octanol–water partition coefficient (Wildman–Crippen LogP) is 7.95. The molecule has 436 valence electrons. The van der Waals surface area contributed by atoms with Crippen molar-refractivity contribution in [3.63, 3.8) is 0 Å². The number of H-pyrrole nitrogens is 2. The number of nitrogens with one attached hydrogen (secondary N) is 3. The molecule has 1 saturated carbocycles. The number of aliphatic carboxylic acids is 1. The number of carboxylic acids is 1. The van der Waals surface area contributed by atoms with Gasteiger partial charge in [0.15, 0.2) is 24.7 Å². The average molecular weight is 1130 g/mol. The predicted molar refractivity (Wildman–Crippen MR) is 293 cm³/mol. The van der Waals surface area contributed by atoms with Gasteiger partial charge in [0, 0.05) is 63.4 Å². The fraction of sp³-hybridized carbons (Fsp3) is 0.667. The van der Waals surface area contributed by atoms with Gasteiger partial charge in [-0.3, -0.25) is 9.59 Å². The molecule has 2 aromatic heterocycles. The van der Waals surface area contributed by atoms with Gasteiger partial charge in [-0.2, -0.15) is 0 Å². The summed E-state index contributed by atoms with van der Waals surface area (Å²) in [7, 11) is 0. The number of nitrogens with two attached hydrogens (primary N) is 1. The van der Waals surface area contributed by atoms with Crippen LogP contribution in [0.5, 0.6) is 0 Å². The van der Waals surface area contributed by atoms with Crippen LogP contribution in [0.15, 0.2) is 59.4 Å². The number of aromatic nitrogens is 2. The van der Waals surface area contributed by atoms with Crippen molar-refractivity contribution in [2.75, 3.05) is 0 Å². The van der Waals surface area contributed by atoms with Crippen molar-refractivity contribution in [2.24, 2.45) is 46.2 Å². The lowest BCUT2D eigenvalue weighted by molar-refractivity contribution is -0.339. The van der Waals surface area contributed by atoms with E-state index in [-0.39, 0.29) is 72.1 Å². The Morgan fingerprint density at radius 3 is 2.31 bits per heavy atom. The first-order valence-corrected chi connectivity index (χ1v) is 29.3. The SMILES string of the molecule is CC[C@@H]1C[C@]2(C)C=C(C(=O)O)[C@H](C)[C@]3(C2)NC(=O)/C(=C(\O)[C@]2(C)[C@H](C=C[C@@H]4[C@H](O[C@@H]5CC[C@H](O[C@H]6C[C@](C)(O)[C@H](O[C@H]7C[C@@H](OC(=O)c8cc9c([nH]8)[nH]c8ccc(Cl)cc89)[C@@H](N)[C@@H](C)O7)[C@@H](C)O6)[C@H](C)O5)CCC[C@@H]42)C[C@H]1O)C3=O. The lowest BCUT2D eigenvalue weighted by atomic mass is 9.52. The lowest BCUT2D eigenvalue weighted by Gasteiger charge is -2.53. The minimum absolute atomic E-state index is 0.0347. The minimum Gasteiger partial charge on any atom is -0.511 e. The normalized spacial score (nSPS) is 44.1. The number of hydrogen-bond donors (Lipinski definition) is 8. The van der Waals surface area contributed by atoms with Gasteiger partial charge in [0.25, 0.3) is 5.91 Å². The number of rotatable bonds is 10. The molecule has 9 N–H and O–H groups in total. The zero-order valence-corrected chi connectivity index (χ0v) is 47.6. The molecule has 5 fully saturated rings. The van der Waals surface area contributed by atoms with Gasteiger partial charge in [0.1, 0.15) is 40.4 Å². The number of allylic oxidation sites excluding steroid dienone is 3. The molecule has 3 aromatic rings. The number of ketones is 1. The number of benzene rings is 1. The Bertz CT molecular complexity index is 3020. The number of amides is 1. The second-order valence-electron chi connectivity index (χ2n) is 25.4. The van der Waals surface area contributed by atoms with Gasteiger partial charge in [-0.1, -0.05) is 70.4 Å². The molecule has 20 heteroatoms. The molecule has 80 heavy (non-hydrogen) atoms. The van der Waals surface area contributed by atoms with E-state index in [1.54, 1.807) is 45.9 Å². The monoisotopic (exact) mass is 1130 g/mol. The first kappa shape index (κ1) is 57.2. The molecule has 4 aliphatic carbocycles. The van der Waals surface area contributed by atoms with E-state index in [9.17, 15) is 39.6 Å². The van der Waals surface area contributed by atoms with Crippen molar-refractivity contribution in [3.05, 3.63) is 70.1 Å². The zero-order valence-electron chi connectivity index (χ0n) is 46.9. The van der Waals surface area contributed by atoms with Crippen LogP contribution < -0.4 is 11.1 Å². The minimum atomic E-state index is -1.58. The standard InChI is InChI=1S/C60H79ClN4O15/c1-9-31-23-57(6)24-37(55(70)71)27(2)60(26-57)51(68)48(54(69)65-60)50(67)59(8)32(19-41(31)66)13-15-34-38(59)11-10-12-43(34)78-45-18-17-42(28(3)74-45)77-47-25-58(7,73)52(30(5)76-47)80-46-22-44(49(62)29(4)75-46)79-56(72)40-21-36-35-20-33(61)14-16-39(35)63-53(36)64-40/h13-16,20-21,24,27-32,34,38,41-47,49,52,63-64,66-67,73H,9-12,17-19,22-23,25-26,62H2,1-8H3,(H,65,69)(H,70,71)/b50-48-/t27-,28-,29+,30+,31+,32+,34-,38-,41+,42-,43+,44+,45+,46-,47-,49-,52+,57+,58-,59+,60-/m0/s1. The third-order valence-electron chi connectivity index (χ3n) is 20.0. The van der Waals surface area contributed by atoms with E-state index in [0.717, 1.165) is 22.7 Å². The molecule has 3 bridgehead atoms. The van der Waals surface area contributed by atoms with Crippen LogP contribution in [-0.4, -0.2) is 139 Å². The summed E-state index contributed by atoms with van der Waals surface area (Å²) >= 11 is 6.26. The number of halogens is 1. The molecule has 0 radical (unpaired) electrons. The third-order valence-corrected chi connectivity index (χ3v) is 20.2. The van der Waals surface area contributed by atoms with Crippen molar-refractivity contribution >= 4 is 57.2 Å². The number of fused-ring (bicyclic) bond motifs is 8. The van der Waals surface area contributed by atoms with Gasteiger partial charge in [0.2, 0.25) is 0 Å². The van der Waals surface area contributed by atoms with E-state index in [1.165, 1.54) is 0 Å². The van der Waals surface area contributed by atoms with Crippen LogP contribution in [0.1, 0.15) is 137 Å². The Balaban J connectivity index is 0.729. The Morgan fingerprint density at radius 1 is 0.850 bits per heavy atom. The molecule has 1 spiro atoms. The smallest absolute Gasteiger partial charge is 0.355 e. The number of hydrogen-bond acceptors (Lipinski definition) is 15. The van der Waals surface area contributed by atoms with E-state index in [2.05, 4.69) is 21.4 Å². The van der Waals surface area contributed by atoms with E-state index in [1.807, 2.05) is 45.9 Å². The lowest BCUT2D eigenvalue weighted by Crippen LogP contribution is -2.60. The van der Waals surface area contributed by atoms with Gasteiger partial charge in [-0.05, 0) is 114 Å². The van der Waals surface area contributed by atoms with Gasteiger partial charge in [-0.25, -0.2) is 9.59 Å². The number of aromatic amines is 2. The van der Waals surface area contributed by atoms with Gasteiger partial charge >= 0.3 is 11.9 Å². The molecule has 4 aliphatic heterocycles. The van der Waals surface area contributed by atoms with Gasteiger partial charge < -0.3 is 74.6 Å². The molecule has 21 atom stereocenters. The fourth-order valence-electron chi connectivity index (χ4n) is 15.6. The van der Waals surface area contributed by atoms with E-state index < -0.39 is 125 Å². The summed E-state index contributed by atoms with van der Waals surface area (Å²) in [5.74, 6) is -5.46. The molecule has 8 aliphatic rings. The molecule has 6 heterocycles. The van der Waals surface area contributed by atoms with Crippen LogP contribution in [0.25, 0.3) is 21.9 Å². The summed E-state index contributed by atoms with van der Waals surface area (Å²) in [5, 5.41) is 52.4. The first-order valence-electron chi connectivity index (χ1n) is 28.9. The van der Waals surface area contributed by atoms with E-state index in [0.29, 0.717) is 49.2 Å². The number of carboxylic acid groups (broad SMARTS) is 1. The van der Waals surface area contributed by atoms with Gasteiger partial charge in [0.05, 0.1) is 48.3 Å². The van der Waals surface area contributed by atoms with Crippen LogP contribution in [-0.2, 0) is 47.5 Å². The highest BCUT2D eigenvalue weighted by atomic mass is 35.5. The number of ether oxygens (including phenoxy) is 7. The fourth-order valence-corrected chi connectivity index (χ4v) is 15.8. The molecule has 0 unspecified atom stereocenters. The number of aliphatic hydroxyl groups is 3. The van der Waals surface area contributed by atoms with E-state index >= 15 is 0 Å². The van der Waals surface area contributed by atoms with Crippen LogP contribution in [0.2, 0.25) is 5.02 Å². The van der Waals surface area contributed by atoms with Crippen LogP contribution in [0.4, 0.5) is 0 Å². The summed E-state index contributed by atoms with van der Waals surface area (Å²) in [6, 6.07) is 6.57. The summed E-state index contributed by atoms with van der Waals surface area (Å²) in [5.41, 5.74) is 3.02. The number of carbonyl (C=O) groups is 4. The quantitative estimate of drug-likeness (QED) is 0.0543. The highest BCUT2D eigenvalue weighted by Gasteiger charge is 2.63. The van der Waals surface area contributed by atoms with Crippen molar-refractivity contribution in [2.45, 2.75) is 211 Å². The molecule has 19 nitrogen and oxygen atoms in total. The first-order chi connectivity index (χ1) is 37.8. The summed E-state index contributed by atoms with van der Waals surface area (Å²) in [6.45, 7) is 14.6. The van der Waals surface area contributed by atoms with Crippen LogP contribution in [0.3, 0.4) is 0 Å². The highest BCUT2D eigenvalue weighted by Crippen LogP contribution is 2.59. The Hall–Kier alpha value is -4.67. The topological polar surface area (TPSA) is 283 Å². The summed E-state index contributed by atoms with van der Waals surface area (Å²) in [6.07, 6.45) is 3.59. The molecule has 4 saturated heterocycles. The second-order valence-corrected chi connectivity index (χ2v) is 25.8. The molecule has 1 amide bonds. The van der Waals surface area contributed by atoms with Crippen LogP contribution >= 0.6 is 11.6 Å². The Morgan fingerprint density at radius 2 is 1.59 bits per heavy atom. The van der Waals surface area contributed by atoms with Crippen molar-refractivity contribution in [1.82, 2.24) is 15.3 Å². The largest absolute Gasteiger partial charge is 0.511 e. The number of carbonyl (C=O) groups excluding carboxylic acids is 3. The maximum atomic E-state index is 15.0. The average Bonchev–Trinajstić information content (AvgIpc) is 4.07. The molecular weight excluding hydrogens is 1050 g/mol. The maximum absolute atomic E-state index is 15.0. The highest BCUT2D eigenvalue weighted by molar-refractivity contribution is 6.32. The Kier molecular flexibility index (Phi) is 15.1.